The number of amides is 1. The predicted molar refractivity (Wildman–Crippen MR) is 123 cm³/mol. The van der Waals surface area contributed by atoms with Gasteiger partial charge in [-0.05, 0) is 87.9 Å². The molecule has 0 aromatic carbocycles. The third kappa shape index (κ3) is 4.98. The van der Waals surface area contributed by atoms with E-state index < -0.39 is 0 Å². The Morgan fingerprint density at radius 3 is 2.74 bits per heavy atom. The zero-order valence-electron chi connectivity index (χ0n) is 19.1. The maximum absolute atomic E-state index is 12.5. The minimum Gasteiger partial charge on any atom is -0.353 e. The Kier molecular flexibility index (Phi) is 6.90. The lowest BCUT2D eigenvalue weighted by atomic mass is 9.69. The molecule has 31 heavy (non-hydrogen) atoms. The van der Waals surface area contributed by atoms with E-state index in [2.05, 4.69) is 32.2 Å². The predicted octanol–water partition coefficient (Wildman–Crippen LogP) is 3.99. The highest BCUT2D eigenvalue weighted by molar-refractivity contribution is 5.76. The van der Waals surface area contributed by atoms with Gasteiger partial charge in [-0.25, -0.2) is 0 Å². The molecule has 170 valence electrons. The molecule has 1 amide bonds. The van der Waals surface area contributed by atoms with E-state index >= 15 is 0 Å². The quantitative estimate of drug-likeness (QED) is 0.719. The average Bonchev–Trinajstić information content (AvgIpc) is 3.30. The number of likely N-dealkylation sites (tertiary alicyclic amines) is 1. The summed E-state index contributed by atoms with van der Waals surface area (Å²) in [5.74, 6) is 1.86. The zero-order valence-corrected chi connectivity index (χ0v) is 19.1. The molecule has 0 spiro atoms. The number of hydrogen-bond donors (Lipinski definition) is 1. The summed E-state index contributed by atoms with van der Waals surface area (Å²) in [6.07, 6.45) is 17.1. The number of aromatic nitrogens is 1. The minimum atomic E-state index is 0.280. The molecule has 1 aromatic heterocycles. The van der Waals surface area contributed by atoms with Crippen LogP contribution in [-0.4, -0.2) is 58.5 Å². The Morgan fingerprint density at radius 2 is 1.94 bits per heavy atom. The minimum absolute atomic E-state index is 0.280. The van der Waals surface area contributed by atoms with Crippen LogP contribution in [-0.2, 0) is 11.3 Å². The molecule has 0 unspecified atom stereocenters. The van der Waals surface area contributed by atoms with Gasteiger partial charge < -0.3 is 5.32 Å². The molecule has 5 heteroatoms. The van der Waals surface area contributed by atoms with Crippen LogP contribution in [0, 0.1) is 11.8 Å². The second-order valence-corrected chi connectivity index (χ2v) is 10.5. The third-order valence-corrected chi connectivity index (χ3v) is 8.51. The molecular formula is C26H40N4O. The van der Waals surface area contributed by atoms with Crippen molar-refractivity contribution in [2.75, 3.05) is 19.6 Å². The van der Waals surface area contributed by atoms with Crippen LogP contribution in [0.3, 0.4) is 0 Å². The van der Waals surface area contributed by atoms with E-state index in [0.29, 0.717) is 18.5 Å². The van der Waals surface area contributed by atoms with Crippen LogP contribution < -0.4 is 5.32 Å². The fraction of sp³-hybridized carbons (Fsp3) is 0.769. The van der Waals surface area contributed by atoms with Crippen molar-refractivity contribution in [3.05, 3.63) is 30.1 Å². The molecule has 4 atom stereocenters. The number of pyridine rings is 1. The standard InChI is InChI=1S/C26H40N4O/c31-25(28-22-9-1-2-10-22)13-3-12-24-23-11-6-16-29-15-5-8-21(26(23)29)19-30(24)18-20-7-4-14-27-17-20/h4,7,14,17,21-24,26H,1-3,5-6,8-13,15-16,18-19H2,(H,28,31)/t21-,23+,24+,26-/m0/s1. The summed E-state index contributed by atoms with van der Waals surface area (Å²) in [6.45, 7) is 4.82. The molecule has 1 aromatic rings. The van der Waals surface area contributed by atoms with Crippen molar-refractivity contribution in [3.8, 4) is 0 Å². The Hall–Kier alpha value is -1.46. The monoisotopic (exact) mass is 424 g/mol. The first-order valence-electron chi connectivity index (χ1n) is 12.9. The summed E-state index contributed by atoms with van der Waals surface area (Å²) in [5.41, 5.74) is 1.33. The number of rotatable bonds is 7. The van der Waals surface area contributed by atoms with Crippen molar-refractivity contribution in [2.45, 2.75) is 95.3 Å². The highest BCUT2D eigenvalue weighted by atomic mass is 16.1. The molecule has 3 saturated heterocycles. The lowest BCUT2D eigenvalue weighted by molar-refractivity contribution is -0.122. The maximum Gasteiger partial charge on any atom is 0.220 e. The van der Waals surface area contributed by atoms with Crippen LogP contribution in [0.25, 0.3) is 0 Å². The smallest absolute Gasteiger partial charge is 0.220 e. The molecule has 4 fully saturated rings. The highest BCUT2D eigenvalue weighted by Gasteiger charge is 2.48. The number of nitrogens with zero attached hydrogens (tertiary/aromatic N) is 3. The summed E-state index contributed by atoms with van der Waals surface area (Å²) in [4.78, 5) is 22.5. The molecule has 5 nitrogen and oxygen atoms in total. The Morgan fingerprint density at radius 1 is 1.10 bits per heavy atom. The van der Waals surface area contributed by atoms with Gasteiger partial charge in [-0.3, -0.25) is 19.6 Å². The van der Waals surface area contributed by atoms with Crippen LogP contribution in [0.5, 0.6) is 0 Å². The van der Waals surface area contributed by atoms with Gasteiger partial charge in [-0.1, -0.05) is 18.9 Å². The van der Waals surface area contributed by atoms with Gasteiger partial charge in [0.1, 0.15) is 0 Å². The van der Waals surface area contributed by atoms with Gasteiger partial charge in [-0.15, -0.1) is 0 Å². The van der Waals surface area contributed by atoms with Crippen LogP contribution in [0.2, 0.25) is 0 Å². The van der Waals surface area contributed by atoms with E-state index in [1.807, 2.05) is 12.4 Å². The van der Waals surface area contributed by atoms with Gasteiger partial charge in [0.25, 0.3) is 0 Å². The summed E-state index contributed by atoms with van der Waals surface area (Å²) in [6, 6.07) is 6.11. The van der Waals surface area contributed by atoms with Crippen molar-refractivity contribution in [3.63, 3.8) is 0 Å². The topological polar surface area (TPSA) is 48.5 Å². The molecule has 5 rings (SSSR count). The van der Waals surface area contributed by atoms with Gasteiger partial charge in [0.05, 0.1) is 0 Å². The molecule has 4 heterocycles. The van der Waals surface area contributed by atoms with Gasteiger partial charge in [0.15, 0.2) is 0 Å². The van der Waals surface area contributed by atoms with Crippen molar-refractivity contribution < 1.29 is 4.79 Å². The first-order chi connectivity index (χ1) is 15.3. The third-order valence-electron chi connectivity index (χ3n) is 8.51. The summed E-state index contributed by atoms with van der Waals surface area (Å²) in [5, 5.41) is 3.29. The van der Waals surface area contributed by atoms with E-state index in [4.69, 9.17) is 0 Å². The van der Waals surface area contributed by atoms with Gasteiger partial charge >= 0.3 is 0 Å². The van der Waals surface area contributed by atoms with E-state index in [1.54, 1.807) is 0 Å². The van der Waals surface area contributed by atoms with Crippen molar-refractivity contribution in [2.24, 2.45) is 11.8 Å². The first kappa shape index (κ1) is 21.4. The highest BCUT2D eigenvalue weighted by Crippen LogP contribution is 2.43. The van der Waals surface area contributed by atoms with Crippen molar-refractivity contribution in [1.29, 1.82) is 0 Å². The first-order valence-corrected chi connectivity index (χ1v) is 12.9. The van der Waals surface area contributed by atoms with E-state index in [1.165, 1.54) is 76.6 Å². The van der Waals surface area contributed by atoms with E-state index in [0.717, 1.165) is 37.3 Å². The average molecular weight is 425 g/mol. The molecule has 1 saturated carbocycles. The molecule has 1 aliphatic carbocycles. The zero-order chi connectivity index (χ0) is 21.0. The summed E-state index contributed by atoms with van der Waals surface area (Å²) < 4.78 is 0. The number of carbonyl (C=O) groups excluding carboxylic acids is 1. The molecular weight excluding hydrogens is 384 g/mol. The van der Waals surface area contributed by atoms with Crippen LogP contribution >= 0.6 is 0 Å². The van der Waals surface area contributed by atoms with Crippen LogP contribution in [0.15, 0.2) is 24.5 Å². The number of piperidine rings is 3. The van der Waals surface area contributed by atoms with Gasteiger partial charge in [-0.2, -0.15) is 0 Å². The summed E-state index contributed by atoms with van der Waals surface area (Å²) in [7, 11) is 0. The second-order valence-electron chi connectivity index (χ2n) is 10.5. The Bertz CT molecular complexity index is 717. The number of hydrogen-bond acceptors (Lipinski definition) is 4. The normalized spacial score (nSPS) is 32.0. The van der Waals surface area contributed by atoms with E-state index in [-0.39, 0.29) is 5.91 Å². The molecule has 0 radical (unpaired) electrons. The van der Waals surface area contributed by atoms with Gasteiger partial charge in [0.2, 0.25) is 5.91 Å². The van der Waals surface area contributed by atoms with E-state index in [9.17, 15) is 4.79 Å². The SMILES string of the molecule is O=C(CCC[C@@H]1[C@H]2CCCN3CCC[C@@H](CN1Cc1cccnc1)[C@@H]23)NC1CCCC1. The summed E-state index contributed by atoms with van der Waals surface area (Å²) >= 11 is 0. The molecule has 1 N–H and O–H groups in total. The Labute approximate surface area is 188 Å². The lowest BCUT2D eigenvalue weighted by Crippen LogP contribution is -2.64. The lowest BCUT2D eigenvalue weighted by Gasteiger charge is -2.57. The van der Waals surface area contributed by atoms with Gasteiger partial charge in [0, 0.05) is 50.0 Å². The molecule has 3 aliphatic heterocycles. The van der Waals surface area contributed by atoms with Crippen LogP contribution in [0.4, 0.5) is 0 Å². The molecule has 4 aliphatic rings. The second kappa shape index (κ2) is 9.99. The maximum atomic E-state index is 12.5. The molecule has 0 bridgehead atoms. The fourth-order valence-corrected chi connectivity index (χ4v) is 7.23. The Balaban J connectivity index is 1.25. The fourth-order valence-electron chi connectivity index (χ4n) is 7.23. The van der Waals surface area contributed by atoms with Crippen molar-refractivity contribution >= 4 is 5.91 Å². The largest absolute Gasteiger partial charge is 0.353 e. The number of nitrogens with one attached hydrogen (secondary N) is 1. The van der Waals surface area contributed by atoms with Crippen molar-refractivity contribution in [1.82, 2.24) is 20.1 Å². The number of carbonyl (C=O) groups is 1. The van der Waals surface area contributed by atoms with Crippen LogP contribution in [0.1, 0.15) is 76.2 Å².